The van der Waals surface area contributed by atoms with Gasteiger partial charge in [0.15, 0.2) is 0 Å². The maximum atomic E-state index is 4.04. The Hall–Kier alpha value is -0.820. The summed E-state index contributed by atoms with van der Waals surface area (Å²) in [6.07, 6.45) is 9.59. The van der Waals surface area contributed by atoms with Crippen LogP contribution in [0, 0.1) is 5.92 Å². The fraction of sp³-hybridized carbons (Fsp3) is 0.571. The molecule has 0 heterocycles. The molecular weight excluding hydrogens is 182 g/mol. The van der Waals surface area contributed by atoms with Crippen LogP contribution < -0.4 is 5.32 Å². The van der Waals surface area contributed by atoms with Gasteiger partial charge in [-0.25, -0.2) is 0 Å². The van der Waals surface area contributed by atoms with Crippen LogP contribution >= 0.6 is 0 Å². The number of rotatable bonds is 8. The van der Waals surface area contributed by atoms with E-state index in [2.05, 4.69) is 44.5 Å². The van der Waals surface area contributed by atoms with Crippen LogP contribution in [-0.2, 0) is 0 Å². The first-order chi connectivity index (χ1) is 7.15. The van der Waals surface area contributed by atoms with E-state index in [4.69, 9.17) is 0 Å². The highest BCUT2D eigenvalue weighted by Gasteiger charge is 2.10. The van der Waals surface area contributed by atoms with Gasteiger partial charge in [-0.3, -0.25) is 0 Å². The Balaban J connectivity index is 3.88. The molecule has 0 saturated carbocycles. The number of allylic oxidation sites excluding steroid dienone is 3. The van der Waals surface area contributed by atoms with Crippen LogP contribution in [0.3, 0.4) is 0 Å². The Kier molecular flexibility index (Phi) is 8.02. The van der Waals surface area contributed by atoms with E-state index in [1.54, 1.807) is 0 Å². The molecule has 0 aliphatic heterocycles. The number of nitrogens with one attached hydrogen (secondary N) is 1. The van der Waals surface area contributed by atoms with Crippen molar-refractivity contribution in [2.75, 3.05) is 7.05 Å². The van der Waals surface area contributed by atoms with Crippen molar-refractivity contribution >= 4 is 0 Å². The summed E-state index contributed by atoms with van der Waals surface area (Å²) in [5.41, 5.74) is 1.22. The second-order valence-electron chi connectivity index (χ2n) is 4.03. The van der Waals surface area contributed by atoms with Gasteiger partial charge < -0.3 is 5.32 Å². The highest BCUT2D eigenvalue weighted by Crippen LogP contribution is 2.15. The third-order valence-corrected chi connectivity index (χ3v) is 2.71. The molecule has 0 saturated heterocycles. The van der Waals surface area contributed by atoms with Crippen molar-refractivity contribution < 1.29 is 0 Å². The van der Waals surface area contributed by atoms with Crippen LogP contribution in [0.15, 0.2) is 37.0 Å². The van der Waals surface area contributed by atoms with E-state index in [1.165, 1.54) is 5.57 Å². The summed E-state index contributed by atoms with van der Waals surface area (Å²) in [5, 5.41) is 3.25. The summed E-state index contributed by atoms with van der Waals surface area (Å²) in [4.78, 5) is 0. The molecule has 0 radical (unpaired) electrons. The predicted octanol–water partition coefficient (Wildman–Crippen LogP) is 3.70. The van der Waals surface area contributed by atoms with Crippen LogP contribution in [0.1, 0.15) is 33.1 Å². The molecule has 0 aromatic carbocycles. The Labute approximate surface area is 95.0 Å². The normalized spacial score (nSPS) is 15.1. The largest absolute Gasteiger partial charge is 0.313 e. The topological polar surface area (TPSA) is 12.0 Å². The van der Waals surface area contributed by atoms with Crippen LogP contribution in [0.4, 0.5) is 0 Å². The third kappa shape index (κ3) is 6.29. The SMILES string of the molecule is C=CC(NC)C(C)CCC(=C)/C=C\CC. The molecule has 0 aromatic rings. The van der Waals surface area contributed by atoms with E-state index in [-0.39, 0.29) is 0 Å². The zero-order valence-electron chi connectivity index (χ0n) is 10.4. The van der Waals surface area contributed by atoms with Gasteiger partial charge in [0.25, 0.3) is 0 Å². The third-order valence-electron chi connectivity index (χ3n) is 2.71. The molecule has 2 unspecified atom stereocenters. The van der Waals surface area contributed by atoms with Crippen molar-refractivity contribution in [3.8, 4) is 0 Å². The van der Waals surface area contributed by atoms with E-state index in [0.29, 0.717) is 12.0 Å². The van der Waals surface area contributed by atoms with Crippen molar-refractivity contribution in [3.05, 3.63) is 37.0 Å². The van der Waals surface area contributed by atoms with Gasteiger partial charge in [-0.05, 0) is 32.2 Å². The van der Waals surface area contributed by atoms with Gasteiger partial charge in [0.05, 0.1) is 0 Å². The molecule has 15 heavy (non-hydrogen) atoms. The zero-order valence-corrected chi connectivity index (χ0v) is 10.4. The lowest BCUT2D eigenvalue weighted by atomic mass is 9.94. The van der Waals surface area contributed by atoms with E-state index in [9.17, 15) is 0 Å². The maximum Gasteiger partial charge on any atom is 0.0270 e. The summed E-state index contributed by atoms with van der Waals surface area (Å²) in [6, 6.07) is 0.410. The van der Waals surface area contributed by atoms with Gasteiger partial charge in [-0.15, -0.1) is 6.58 Å². The number of hydrogen-bond donors (Lipinski definition) is 1. The molecular formula is C14H25N. The molecule has 0 fully saturated rings. The first-order valence-electron chi connectivity index (χ1n) is 5.79. The van der Waals surface area contributed by atoms with Crippen molar-refractivity contribution in [3.63, 3.8) is 0 Å². The fourth-order valence-corrected chi connectivity index (χ4v) is 1.60. The summed E-state index contributed by atoms with van der Waals surface area (Å²) >= 11 is 0. The Morgan fingerprint density at radius 2 is 2.13 bits per heavy atom. The second-order valence-corrected chi connectivity index (χ2v) is 4.03. The second kappa shape index (κ2) is 8.49. The smallest absolute Gasteiger partial charge is 0.0270 e. The van der Waals surface area contributed by atoms with Crippen molar-refractivity contribution in [2.24, 2.45) is 5.92 Å². The van der Waals surface area contributed by atoms with Crippen LogP contribution in [0.25, 0.3) is 0 Å². The van der Waals surface area contributed by atoms with Crippen molar-refractivity contribution in [2.45, 2.75) is 39.2 Å². The standard InChI is InChI=1S/C14H25N/c1-6-8-9-12(3)10-11-13(4)14(7-2)15-5/h7-9,13-15H,2-3,6,10-11H2,1,4-5H3/b9-8-. The number of hydrogen-bond acceptors (Lipinski definition) is 1. The highest BCUT2D eigenvalue weighted by molar-refractivity contribution is 5.14. The minimum atomic E-state index is 0.410. The molecule has 0 bridgehead atoms. The van der Waals surface area contributed by atoms with E-state index >= 15 is 0 Å². The summed E-state index contributed by atoms with van der Waals surface area (Å²) < 4.78 is 0. The van der Waals surface area contributed by atoms with Gasteiger partial charge in [-0.1, -0.05) is 44.2 Å². The Bertz CT molecular complexity index is 215. The lowest BCUT2D eigenvalue weighted by molar-refractivity contribution is 0.434. The monoisotopic (exact) mass is 207 g/mol. The molecule has 1 heteroatoms. The Morgan fingerprint density at radius 1 is 1.47 bits per heavy atom. The van der Waals surface area contributed by atoms with E-state index in [1.807, 2.05) is 13.1 Å². The predicted molar refractivity (Wildman–Crippen MR) is 70.0 cm³/mol. The first-order valence-corrected chi connectivity index (χ1v) is 5.79. The van der Waals surface area contributed by atoms with Gasteiger partial charge in [0.1, 0.15) is 0 Å². The average Bonchev–Trinajstić information content (AvgIpc) is 2.25. The molecule has 0 amide bonds. The van der Waals surface area contributed by atoms with E-state index in [0.717, 1.165) is 19.3 Å². The Morgan fingerprint density at radius 3 is 2.60 bits per heavy atom. The molecule has 0 aliphatic carbocycles. The lowest BCUT2D eigenvalue weighted by Gasteiger charge is -2.19. The zero-order chi connectivity index (χ0) is 11.7. The summed E-state index contributed by atoms with van der Waals surface area (Å²) in [6.45, 7) is 12.3. The van der Waals surface area contributed by atoms with Crippen LogP contribution in [0.5, 0.6) is 0 Å². The quantitative estimate of drug-likeness (QED) is 0.473. The molecule has 86 valence electrons. The minimum Gasteiger partial charge on any atom is -0.313 e. The van der Waals surface area contributed by atoms with Crippen molar-refractivity contribution in [1.82, 2.24) is 5.32 Å². The van der Waals surface area contributed by atoms with E-state index < -0.39 is 0 Å². The van der Waals surface area contributed by atoms with Gasteiger partial charge in [-0.2, -0.15) is 0 Å². The van der Waals surface area contributed by atoms with Gasteiger partial charge in [0.2, 0.25) is 0 Å². The minimum absolute atomic E-state index is 0.410. The summed E-state index contributed by atoms with van der Waals surface area (Å²) in [7, 11) is 1.98. The molecule has 1 nitrogen and oxygen atoms in total. The lowest BCUT2D eigenvalue weighted by Crippen LogP contribution is -2.29. The van der Waals surface area contributed by atoms with Crippen molar-refractivity contribution in [1.29, 1.82) is 0 Å². The first kappa shape index (κ1) is 14.2. The highest BCUT2D eigenvalue weighted by atomic mass is 14.9. The van der Waals surface area contributed by atoms with Crippen LogP contribution in [-0.4, -0.2) is 13.1 Å². The molecule has 0 spiro atoms. The summed E-state index contributed by atoms with van der Waals surface area (Å²) in [5.74, 6) is 0.610. The molecule has 2 atom stereocenters. The van der Waals surface area contributed by atoms with Gasteiger partial charge >= 0.3 is 0 Å². The molecule has 0 aliphatic rings. The fourth-order valence-electron chi connectivity index (χ4n) is 1.60. The average molecular weight is 207 g/mol. The molecule has 0 rings (SSSR count). The number of likely N-dealkylation sites (N-methyl/N-ethyl adjacent to an activating group) is 1. The molecule has 0 aromatic heterocycles. The maximum absolute atomic E-state index is 4.04. The molecule has 1 N–H and O–H groups in total. The van der Waals surface area contributed by atoms with Crippen LogP contribution in [0.2, 0.25) is 0 Å². The van der Waals surface area contributed by atoms with Gasteiger partial charge in [0, 0.05) is 6.04 Å².